The molecule has 1 unspecified atom stereocenters. The van der Waals surface area contributed by atoms with Gasteiger partial charge in [-0.3, -0.25) is 4.68 Å². The van der Waals surface area contributed by atoms with E-state index in [-0.39, 0.29) is 23.2 Å². The molecule has 1 atom stereocenters. The first kappa shape index (κ1) is 20.1. The standard InChI is InChI=1S/C20H20FN9O/c1-10-12-7-11(21)5-6-13(12)26-20(29(2)3)27-18-16(15(8-22)30(4)28-18)14-9-24-17(23)19(25-14)31-10/h5-7,9-10H,1-4H3,(H2,23,24)(H,26,27,28). The fourth-order valence-electron chi connectivity index (χ4n) is 3.22. The summed E-state index contributed by atoms with van der Waals surface area (Å²) in [5, 5.41) is 17.3. The second-order valence-electron chi connectivity index (χ2n) is 7.17. The second kappa shape index (κ2) is 7.56. The molecule has 3 aromatic rings. The molecule has 31 heavy (non-hydrogen) atoms. The van der Waals surface area contributed by atoms with Crippen LogP contribution >= 0.6 is 0 Å². The van der Waals surface area contributed by atoms with Crippen molar-refractivity contribution < 1.29 is 9.13 Å². The summed E-state index contributed by atoms with van der Waals surface area (Å²) in [6.07, 6.45) is 0.822. The molecule has 0 radical (unpaired) electrons. The van der Waals surface area contributed by atoms with E-state index in [2.05, 4.69) is 31.4 Å². The van der Waals surface area contributed by atoms with Crippen LogP contribution in [0.25, 0.3) is 11.3 Å². The number of nitrogens with two attached hydrogens (primary N) is 1. The van der Waals surface area contributed by atoms with E-state index in [9.17, 15) is 9.65 Å². The quantitative estimate of drug-likeness (QED) is 0.566. The van der Waals surface area contributed by atoms with Crippen LogP contribution in [0, 0.1) is 17.1 Å². The normalized spacial score (nSPS) is 15.1. The average molecular weight is 421 g/mol. The van der Waals surface area contributed by atoms with E-state index in [0.29, 0.717) is 28.5 Å². The van der Waals surface area contributed by atoms with Crippen LogP contribution in [-0.4, -0.2) is 44.7 Å². The molecule has 0 fully saturated rings. The summed E-state index contributed by atoms with van der Waals surface area (Å²) in [5.74, 6) is 0.409. The predicted octanol–water partition coefficient (Wildman–Crippen LogP) is 2.58. The summed E-state index contributed by atoms with van der Waals surface area (Å²) in [5.41, 5.74) is 8.09. The Kier molecular flexibility index (Phi) is 4.90. The Morgan fingerprint density at radius 3 is 2.84 bits per heavy atom. The van der Waals surface area contributed by atoms with E-state index in [1.54, 1.807) is 39.0 Å². The Morgan fingerprint density at radius 1 is 1.35 bits per heavy atom. The number of nitriles is 1. The van der Waals surface area contributed by atoms with Crippen molar-refractivity contribution in [3.8, 4) is 23.2 Å². The van der Waals surface area contributed by atoms with Gasteiger partial charge < -0.3 is 20.7 Å². The van der Waals surface area contributed by atoms with Crippen LogP contribution in [0.4, 0.5) is 21.7 Å². The Labute approximate surface area is 177 Å². The van der Waals surface area contributed by atoms with Crippen molar-refractivity contribution >= 4 is 23.3 Å². The number of ether oxygens (including phenoxy) is 1. The van der Waals surface area contributed by atoms with E-state index in [1.807, 2.05) is 0 Å². The zero-order chi connectivity index (χ0) is 22.3. The van der Waals surface area contributed by atoms with Gasteiger partial charge in [0.1, 0.15) is 23.7 Å². The molecule has 0 saturated carbocycles. The zero-order valence-corrected chi connectivity index (χ0v) is 17.4. The molecule has 0 aliphatic carbocycles. The number of guanidine groups is 1. The van der Waals surface area contributed by atoms with Gasteiger partial charge in [-0.25, -0.2) is 14.4 Å². The van der Waals surface area contributed by atoms with Gasteiger partial charge in [-0.05, 0) is 25.1 Å². The number of fused-ring (bicyclic) bond motifs is 5. The van der Waals surface area contributed by atoms with Crippen molar-refractivity contribution in [1.82, 2.24) is 24.6 Å². The number of rotatable bonds is 0. The third kappa shape index (κ3) is 3.59. The molecule has 11 heteroatoms. The molecule has 1 aliphatic rings. The van der Waals surface area contributed by atoms with Crippen molar-refractivity contribution in [2.24, 2.45) is 12.0 Å². The number of hydrogen-bond donors (Lipinski definition) is 2. The summed E-state index contributed by atoms with van der Waals surface area (Å²) in [7, 11) is 5.25. The molecule has 0 saturated heterocycles. The van der Waals surface area contributed by atoms with Crippen molar-refractivity contribution in [2.45, 2.75) is 13.0 Å². The molecule has 158 valence electrons. The fraction of sp³-hybridized carbons (Fsp3) is 0.250. The van der Waals surface area contributed by atoms with Crippen molar-refractivity contribution in [1.29, 1.82) is 5.26 Å². The highest BCUT2D eigenvalue weighted by Gasteiger charge is 2.24. The van der Waals surface area contributed by atoms with Gasteiger partial charge in [0.05, 0.1) is 17.5 Å². The Hall–Kier alpha value is -4.20. The van der Waals surface area contributed by atoms with E-state index >= 15 is 0 Å². The molecule has 3 N–H and O–H groups in total. The maximum atomic E-state index is 14.0. The summed E-state index contributed by atoms with van der Waals surface area (Å²) in [6, 6.07) is 6.44. The molecule has 1 aromatic carbocycles. The maximum Gasteiger partial charge on any atom is 0.258 e. The fourth-order valence-corrected chi connectivity index (χ4v) is 3.22. The van der Waals surface area contributed by atoms with E-state index in [0.717, 1.165) is 0 Å². The average Bonchev–Trinajstić information content (AvgIpc) is 3.04. The van der Waals surface area contributed by atoms with Gasteiger partial charge in [0.15, 0.2) is 11.6 Å². The highest BCUT2D eigenvalue weighted by molar-refractivity contribution is 5.97. The van der Waals surface area contributed by atoms with E-state index in [1.165, 1.54) is 23.0 Å². The number of nitrogens with one attached hydrogen (secondary N) is 1. The number of anilines is 2. The van der Waals surface area contributed by atoms with Crippen molar-refractivity contribution in [3.63, 3.8) is 0 Å². The first-order valence-electron chi connectivity index (χ1n) is 9.37. The number of aryl methyl sites for hydroxylation is 1. The van der Waals surface area contributed by atoms with Crippen LogP contribution in [0.15, 0.2) is 29.4 Å². The SMILES string of the molecule is CC1Oc2nc(cnc2N)-c2c(nn(C)c2C#N)N=C(N(C)C)Nc2ccc(F)cc21. The van der Waals surface area contributed by atoms with Crippen LogP contribution in [0.2, 0.25) is 0 Å². The Balaban J connectivity index is 2.04. The second-order valence-corrected chi connectivity index (χ2v) is 7.17. The molecule has 3 heterocycles. The summed E-state index contributed by atoms with van der Waals surface area (Å²) >= 11 is 0. The lowest BCUT2D eigenvalue weighted by Crippen LogP contribution is -2.30. The Bertz CT molecular complexity index is 1240. The van der Waals surface area contributed by atoms with Gasteiger partial charge in [0, 0.05) is 32.4 Å². The highest BCUT2D eigenvalue weighted by atomic mass is 19.1. The van der Waals surface area contributed by atoms with Crippen molar-refractivity contribution in [2.75, 3.05) is 25.1 Å². The number of nitrogen functional groups attached to an aromatic ring is 1. The van der Waals surface area contributed by atoms with Crippen LogP contribution in [-0.2, 0) is 7.05 Å². The number of aliphatic imine (C=N–C) groups is 1. The van der Waals surface area contributed by atoms with Gasteiger partial charge in [0.25, 0.3) is 5.88 Å². The van der Waals surface area contributed by atoms with E-state index < -0.39 is 11.9 Å². The molecule has 2 bridgehead atoms. The van der Waals surface area contributed by atoms with E-state index in [4.69, 9.17) is 10.5 Å². The van der Waals surface area contributed by atoms with Gasteiger partial charge in [-0.1, -0.05) is 0 Å². The van der Waals surface area contributed by atoms with Crippen LogP contribution in [0.1, 0.15) is 24.3 Å². The predicted molar refractivity (Wildman–Crippen MR) is 113 cm³/mol. The minimum Gasteiger partial charge on any atom is -0.467 e. The minimum atomic E-state index is -0.614. The summed E-state index contributed by atoms with van der Waals surface area (Å²) < 4.78 is 21.4. The minimum absolute atomic E-state index is 0.0660. The van der Waals surface area contributed by atoms with Crippen molar-refractivity contribution in [3.05, 3.63) is 41.5 Å². The molecule has 1 aliphatic heterocycles. The monoisotopic (exact) mass is 421 g/mol. The molecular weight excluding hydrogens is 401 g/mol. The number of benzene rings is 1. The lowest BCUT2D eigenvalue weighted by atomic mass is 10.1. The third-order valence-corrected chi connectivity index (χ3v) is 4.78. The molecule has 0 spiro atoms. The first-order chi connectivity index (χ1) is 14.8. The van der Waals surface area contributed by atoms with Gasteiger partial charge >= 0.3 is 0 Å². The first-order valence-corrected chi connectivity index (χ1v) is 9.37. The molecular formula is C20H20FN9O. The highest BCUT2D eigenvalue weighted by Crippen LogP contribution is 2.36. The van der Waals surface area contributed by atoms with Crippen LogP contribution in [0.3, 0.4) is 0 Å². The number of nitrogens with zero attached hydrogens (tertiary/aromatic N) is 7. The zero-order valence-electron chi connectivity index (χ0n) is 17.4. The molecule has 2 aromatic heterocycles. The Morgan fingerprint density at radius 2 is 2.13 bits per heavy atom. The topological polar surface area (TPSA) is 130 Å². The largest absolute Gasteiger partial charge is 0.467 e. The smallest absolute Gasteiger partial charge is 0.258 e. The maximum absolute atomic E-state index is 14.0. The summed E-state index contributed by atoms with van der Waals surface area (Å²) in [6.45, 7) is 1.75. The third-order valence-electron chi connectivity index (χ3n) is 4.78. The van der Waals surface area contributed by atoms with Crippen LogP contribution < -0.4 is 15.8 Å². The molecule has 0 amide bonds. The molecule has 4 rings (SSSR count). The van der Waals surface area contributed by atoms with Gasteiger partial charge in [-0.2, -0.15) is 15.4 Å². The van der Waals surface area contributed by atoms with Gasteiger partial charge in [-0.15, -0.1) is 0 Å². The molecule has 10 nitrogen and oxygen atoms in total. The number of aromatic nitrogens is 4. The summed E-state index contributed by atoms with van der Waals surface area (Å²) in [4.78, 5) is 15.0. The number of hydrogen-bond acceptors (Lipinski definition) is 9. The van der Waals surface area contributed by atoms with Crippen LogP contribution in [0.5, 0.6) is 5.88 Å². The lowest BCUT2D eigenvalue weighted by Gasteiger charge is -2.23. The lowest BCUT2D eigenvalue weighted by molar-refractivity contribution is 0.218. The number of halogens is 1. The van der Waals surface area contributed by atoms with Gasteiger partial charge in [0.2, 0.25) is 5.96 Å².